The second-order valence-corrected chi connectivity index (χ2v) is 2.43. The minimum Gasteiger partial charge on any atom is -0.301 e. The van der Waals surface area contributed by atoms with Crippen LogP contribution in [-0.2, 0) is 0 Å². The highest BCUT2D eigenvalue weighted by atomic mass is 15.1. The lowest BCUT2D eigenvalue weighted by molar-refractivity contribution is 0.349. The molecule has 0 aromatic heterocycles. The van der Waals surface area contributed by atoms with Crippen LogP contribution in [0.3, 0.4) is 0 Å². The van der Waals surface area contributed by atoms with Crippen LogP contribution in [0, 0.1) is 0 Å². The summed E-state index contributed by atoms with van der Waals surface area (Å²) in [5.41, 5.74) is 0. The van der Waals surface area contributed by atoms with Gasteiger partial charge in [-0.2, -0.15) is 0 Å². The van der Waals surface area contributed by atoms with Gasteiger partial charge >= 0.3 is 0 Å². The number of hydrogen-bond acceptors (Lipinski definition) is 2. The molecule has 0 saturated heterocycles. The van der Waals surface area contributed by atoms with Crippen molar-refractivity contribution in [1.82, 2.24) is 4.90 Å². The van der Waals surface area contributed by atoms with Crippen LogP contribution < -0.4 is 0 Å². The lowest BCUT2D eigenvalue weighted by Gasteiger charge is -2.19. The van der Waals surface area contributed by atoms with Crippen molar-refractivity contribution < 1.29 is 0 Å². The van der Waals surface area contributed by atoms with Gasteiger partial charge in [0.25, 0.3) is 0 Å². The molecule has 0 aromatic rings. The summed E-state index contributed by atoms with van der Waals surface area (Å²) in [7, 11) is 4.13. The van der Waals surface area contributed by atoms with Crippen LogP contribution in [0.5, 0.6) is 0 Å². The Morgan fingerprint density at radius 3 is 2.67 bits per heavy atom. The van der Waals surface area contributed by atoms with Crippen molar-refractivity contribution in [2.24, 2.45) is 4.99 Å². The van der Waals surface area contributed by atoms with Gasteiger partial charge in [0.2, 0.25) is 0 Å². The van der Waals surface area contributed by atoms with Gasteiger partial charge in [-0.1, -0.05) is 6.08 Å². The van der Waals surface area contributed by atoms with Gasteiger partial charge in [-0.3, -0.25) is 4.99 Å². The summed E-state index contributed by atoms with van der Waals surface area (Å²) >= 11 is 0. The maximum atomic E-state index is 4.13. The molecule has 0 fully saturated rings. The molecule has 1 aliphatic heterocycles. The van der Waals surface area contributed by atoms with E-state index in [2.05, 4.69) is 30.1 Å². The molecule has 0 bridgehead atoms. The summed E-state index contributed by atoms with van der Waals surface area (Å²) in [5, 5.41) is 0. The Morgan fingerprint density at radius 1 is 1.56 bits per heavy atom. The number of hydrogen-bond donors (Lipinski definition) is 0. The topological polar surface area (TPSA) is 15.6 Å². The Kier molecular flexibility index (Phi) is 2.01. The van der Waals surface area contributed by atoms with E-state index in [1.807, 2.05) is 12.3 Å². The van der Waals surface area contributed by atoms with E-state index in [0.717, 1.165) is 6.54 Å². The molecule has 2 heteroatoms. The van der Waals surface area contributed by atoms with E-state index in [-0.39, 0.29) is 0 Å². The molecular formula is C7H12N2. The molecule has 0 amide bonds. The number of allylic oxidation sites excluding steroid dienone is 1. The molecule has 0 radical (unpaired) electrons. The van der Waals surface area contributed by atoms with Crippen molar-refractivity contribution in [2.45, 2.75) is 6.04 Å². The zero-order chi connectivity index (χ0) is 6.69. The molecule has 1 atom stereocenters. The molecule has 0 spiro atoms. The van der Waals surface area contributed by atoms with Crippen LogP contribution in [0.2, 0.25) is 0 Å². The van der Waals surface area contributed by atoms with Crippen molar-refractivity contribution in [3.8, 4) is 0 Å². The third-order valence-electron chi connectivity index (χ3n) is 1.48. The Morgan fingerprint density at radius 2 is 2.33 bits per heavy atom. The van der Waals surface area contributed by atoms with E-state index >= 15 is 0 Å². The number of rotatable bonds is 1. The normalized spacial score (nSPS) is 25.4. The van der Waals surface area contributed by atoms with Crippen LogP contribution in [0.15, 0.2) is 17.1 Å². The highest BCUT2D eigenvalue weighted by Gasteiger charge is 2.06. The van der Waals surface area contributed by atoms with Gasteiger partial charge < -0.3 is 4.90 Å². The summed E-state index contributed by atoms with van der Waals surface area (Å²) in [4.78, 5) is 6.29. The smallest absolute Gasteiger partial charge is 0.0580 e. The van der Waals surface area contributed by atoms with Crippen molar-refractivity contribution in [2.75, 3.05) is 20.6 Å². The summed E-state index contributed by atoms with van der Waals surface area (Å²) in [6.45, 7) is 0.906. The molecule has 9 heavy (non-hydrogen) atoms. The van der Waals surface area contributed by atoms with E-state index in [9.17, 15) is 0 Å². The molecule has 2 nitrogen and oxygen atoms in total. The zero-order valence-electron chi connectivity index (χ0n) is 5.91. The average molecular weight is 124 g/mol. The van der Waals surface area contributed by atoms with Gasteiger partial charge in [-0.15, -0.1) is 0 Å². The largest absolute Gasteiger partial charge is 0.301 e. The van der Waals surface area contributed by atoms with Crippen molar-refractivity contribution in [3.05, 3.63) is 12.2 Å². The van der Waals surface area contributed by atoms with Gasteiger partial charge in [0, 0.05) is 12.3 Å². The van der Waals surface area contributed by atoms with E-state index in [4.69, 9.17) is 0 Å². The standard InChI is InChI=1S/C7H12N2/c1-9(2)7-4-3-5-8-6-7/h3-5,7H,6H2,1-2H3. The number of dihydropyridines is 1. The Bertz CT molecular complexity index is 136. The first-order valence-electron chi connectivity index (χ1n) is 3.14. The first-order chi connectivity index (χ1) is 4.30. The summed E-state index contributed by atoms with van der Waals surface area (Å²) in [5.74, 6) is 0. The van der Waals surface area contributed by atoms with Crippen molar-refractivity contribution in [3.63, 3.8) is 0 Å². The fraction of sp³-hybridized carbons (Fsp3) is 0.571. The van der Waals surface area contributed by atoms with Gasteiger partial charge in [0.1, 0.15) is 0 Å². The SMILES string of the molecule is CN(C)C1C=CC=NC1. The Labute approximate surface area is 55.9 Å². The third kappa shape index (κ3) is 1.64. The fourth-order valence-electron chi connectivity index (χ4n) is 0.804. The lowest BCUT2D eigenvalue weighted by atomic mass is 10.2. The highest BCUT2D eigenvalue weighted by molar-refractivity contribution is 5.72. The van der Waals surface area contributed by atoms with E-state index in [0.29, 0.717) is 6.04 Å². The Balaban J connectivity index is 2.46. The van der Waals surface area contributed by atoms with Crippen LogP contribution in [0.1, 0.15) is 0 Å². The van der Waals surface area contributed by atoms with Gasteiger partial charge in [-0.25, -0.2) is 0 Å². The van der Waals surface area contributed by atoms with Crippen molar-refractivity contribution in [1.29, 1.82) is 0 Å². The maximum absolute atomic E-state index is 4.13. The van der Waals surface area contributed by atoms with Crippen LogP contribution in [0.25, 0.3) is 0 Å². The molecule has 1 heterocycles. The van der Waals surface area contributed by atoms with Gasteiger partial charge in [0.05, 0.1) is 6.54 Å². The molecule has 50 valence electrons. The average Bonchev–Trinajstić information content (AvgIpc) is 1.90. The number of aliphatic imine (C=N–C) groups is 1. The molecule has 1 unspecified atom stereocenters. The monoisotopic (exact) mass is 124 g/mol. The minimum atomic E-state index is 0.509. The summed E-state index contributed by atoms with van der Waals surface area (Å²) in [6, 6.07) is 0.509. The van der Waals surface area contributed by atoms with Crippen LogP contribution in [-0.4, -0.2) is 37.8 Å². The number of nitrogens with zero attached hydrogens (tertiary/aromatic N) is 2. The summed E-state index contributed by atoms with van der Waals surface area (Å²) < 4.78 is 0. The van der Waals surface area contributed by atoms with E-state index in [1.165, 1.54) is 0 Å². The van der Waals surface area contributed by atoms with E-state index in [1.54, 1.807) is 0 Å². The van der Waals surface area contributed by atoms with Gasteiger partial charge in [-0.05, 0) is 20.2 Å². The molecule has 0 aliphatic carbocycles. The Hall–Kier alpha value is -0.630. The zero-order valence-corrected chi connectivity index (χ0v) is 5.91. The molecular weight excluding hydrogens is 112 g/mol. The summed E-state index contributed by atoms with van der Waals surface area (Å²) in [6.07, 6.45) is 6.00. The first kappa shape index (κ1) is 6.49. The van der Waals surface area contributed by atoms with Gasteiger partial charge in [0.15, 0.2) is 0 Å². The minimum absolute atomic E-state index is 0.509. The second kappa shape index (κ2) is 2.78. The molecule has 0 N–H and O–H groups in total. The molecule has 1 aliphatic rings. The predicted octanol–water partition coefficient (Wildman–Crippen LogP) is 0.557. The number of likely N-dealkylation sites (N-methyl/N-ethyl adjacent to an activating group) is 1. The molecule has 1 rings (SSSR count). The second-order valence-electron chi connectivity index (χ2n) is 2.43. The first-order valence-corrected chi connectivity index (χ1v) is 3.14. The van der Waals surface area contributed by atoms with Crippen LogP contribution in [0.4, 0.5) is 0 Å². The molecule has 0 saturated carbocycles. The van der Waals surface area contributed by atoms with E-state index < -0.39 is 0 Å². The molecule has 0 aromatic carbocycles. The van der Waals surface area contributed by atoms with Crippen LogP contribution >= 0.6 is 0 Å². The maximum Gasteiger partial charge on any atom is 0.0580 e. The third-order valence-corrected chi connectivity index (χ3v) is 1.48. The highest BCUT2D eigenvalue weighted by Crippen LogP contribution is 1.98. The predicted molar refractivity (Wildman–Crippen MR) is 40.0 cm³/mol. The quantitative estimate of drug-likeness (QED) is 0.498. The fourth-order valence-corrected chi connectivity index (χ4v) is 0.804. The lowest BCUT2D eigenvalue weighted by Crippen LogP contribution is -2.29. The van der Waals surface area contributed by atoms with Crippen molar-refractivity contribution >= 4 is 6.21 Å².